The molecular weight excluding hydrogens is 462 g/mol. The number of nitrogens with one attached hydrogen (secondary N) is 1. The van der Waals surface area contributed by atoms with Gasteiger partial charge in [0.05, 0.1) is 0 Å². The molecule has 1 aromatic heterocycles. The van der Waals surface area contributed by atoms with Crippen molar-refractivity contribution in [3.05, 3.63) is 10.8 Å². The fraction of sp³-hybridized carbons (Fsp3) is 0.611. The van der Waals surface area contributed by atoms with E-state index in [0.717, 1.165) is 25.7 Å². The van der Waals surface area contributed by atoms with Gasteiger partial charge in [-0.2, -0.15) is 4.99 Å². The van der Waals surface area contributed by atoms with Gasteiger partial charge in [0.1, 0.15) is 18.3 Å². The van der Waals surface area contributed by atoms with E-state index in [1.165, 1.54) is 0 Å². The number of aliphatic hydroxyl groups excluding tert-OH is 3. The van der Waals surface area contributed by atoms with Crippen LogP contribution in [0.1, 0.15) is 36.2 Å². The number of ether oxygens (including phenoxy) is 1. The molecule has 5 unspecified atom stereocenters. The third-order valence-corrected chi connectivity index (χ3v) is 5.56. The molecule has 3 rings (SSSR count). The van der Waals surface area contributed by atoms with Crippen molar-refractivity contribution >= 4 is 41.1 Å². The van der Waals surface area contributed by atoms with Crippen molar-refractivity contribution in [1.29, 1.82) is 0 Å². The number of nitrogens with two attached hydrogens (primary N) is 2. The normalized spacial score (nSPS) is 28.0. The van der Waals surface area contributed by atoms with Gasteiger partial charge in [-0.05, 0) is 12.8 Å². The molecule has 2 fully saturated rings. The first-order valence-electron chi connectivity index (χ1n) is 10.3. The zero-order valence-electron chi connectivity index (χ0n) is 17.5. The molecule has 15 heteroatoms. The van der Waals surface area contributed by atoms with Crippen molar-refractivity contribution in [2.75, 3.05) is 23.3 Å². The Hall–Kier alpha value is -2.78. The maximum absolute atomic E-state index is 12.5. The van der Waals surface area contributed by atoms with Crippen LogP contribution in [0.3, 0.4) is 0 Å². The number of aliphatic hydroxyl groups is 3. The fourth-order valence-electron chi connectivity index (χ4n) is 3.65. The maximum atomic E-state index is 12.5. The Balaban J connectivity index is 2.01. The first-order chi connectivity index (χ1) is 15.6. The molecule has 1 amide bonds. The molecule has 2 aliphatic heterocycles. The number of aliphatic imine (C=N–C) groups is 1. The Bertz CT molecular complexity index is 922. The number of hydrogen-bond donors (Lipinski definition) is 7. The number of guanidine groups is 1. The van der Waals surface area contributed by atoms with Crippen molar-refractivity contribution in [2.24, 2.45) is 16.5 Å². The average Bonchev–Trinajstić information content (AvgIpc) is 3.03. The van der Waals surface area contributed by atoms with Crippen LogP contribution in [0.5, 0.6) is 0 Å². The largest absolute Gasteiger partial charge is 0.479 e. The van der Waals surface area contributed by atoms with Crippen LogP contribution in [0.15, 0.2) is 4.99 Å². The molecule has 0 saturated carbocycles. The van der Waals surface area contributed by atoms with E-state index in [1.54, 1.807) is 0 Å². The summed E-state index contributed by atoms with van der Waals surface area (Å²) in [6.45, 7) is 1.28. The predicted octanol–water partition coefficient (Wildman–Crippen LogP) is -1.77. The van der Waals surface area contributed by atoms with Crippen LogP contribution < -0.4 is 21.7 Å². The topological polar surface area (TPSA) is 230 Å². The predicted molar refractivity (Wildman–Crippen MR) is 116 cm³/mol. The van der Waals surface area contributed by atoms with E-state index in [2.05, 4.69) is 20.3 Å². The summed E-state index contributed by atoms with van der Waals surface area (Å²) >= 11 is 6.31. The average molecular weight is 488 g/mol. The Labute approximate surface area is 193 Å². The van der Waals surface area contributed by atoms with Crippen LogP contribution >= 0.6 is 11.6 Å². The summed E-state index contributed by atoms with van der Waals surface area (Å²) in [4.78, 5) is 37.7. The Morgan fingerprint density at radius 3 is 2.27 bits per heavy atom. The minimum Gasteiger partial charge on any atom is -0.479 e. The lowest BCUT2D eigenvalue weighted by Gasteiger charge is -2.39. The highest BCUT2D eigenvalue weighted by molar-refractivity contribution is 6.32. The standard InChI is InChI=1S/C18H26ClN7O7/c19-12-14(26-5-3-1-2-4-6-26)23-13(7(22-12)15(30)25-18(20)21)24-16-10(29)8(27)9(28)11(33-16)17(31)32/h8-11,16,27-29H,1-6H2,(H,23,24)(H,31,32)(H4,20,21,25,30). The van der Waals surface area contributed by atoms with E-state index >= 15 is 0 Å². The van der Waals surface area contributed by atoms with Gasteiger partial charge >= 0.3 is 11.9 Å². The van der Waals surface area contributed by atoms with Gasteiger partial charge < -0.3 is 46.8 Å². The molecule has 1 aromatic rings. The SMILES string of the molecule is NC(N)=NC(=O)c1nc(Cl)c(N2CCCCCC2)nc1NC1OC(C(=O)O)C(O)C(O)C1O. The summed E-state index contributed by atoms with van der Waals surface area (Å²) in [5.41, 5.74) is 10.1. The molecule has 3 heterocycles. The number of aliphatic carboxylic acids is 1. The van der Waals surface area contributed by atoms with Gasteiger partial charge in [-0.3, -0.25) is 4.79 Å². The summed E-state index contributed by atoms with van der Waals surface area (Å²) in [5.74, 6) is -3.12. The van der Waals surface area contributed by atoms with Crippen molar-refractivity contribution in [2.45, 2.75) is 56.3 Å². The summed E-state index contributed by atoms with van der Waals surface area (Å²) in [5, 5.41) is 42.0. The molecule has 0 aliphatic carbocycles. The van der Waals surface area contributed by atoms with E-state index in [-0.39, 0.29) is 16.8 Å². The molecule has 0 aromatic carbocycles. The number of carboxylic acid groups (broad SMARTS) is 1. The van der Waals surface area contributed by atoms with Gasteiger partial charge in [-0.25, -0.2) is 14.8 Å². The molecule has 0 radical (unpaired) electrons. The number of carbonyl (C=O) groups excluding carboxylic acids is 1. The Morgan fingerprint density at radius 1 is 1.06 bits per heavy atom. The molecular formula is C18H26ClN7O7. The van der Waals surface area contributed by atoms with Gasteiger partial charge in [0.25, 0.3) is 0 Å². The maximum Gasteiger partial charge on any atom is 0.335 e. The molecule has 14 nitrogen and oxygen atoms in total. The lowest BCUT2D eigenvalue weighted by molar-refractivity contribution is -0.221. The van der Waals surface area contributed by atoms with Crippen LogP contribution in [0.4, 0.5) is 11.6 Å². The summed E-state index contributed by atoms with van der Waals surface area (Å²) in [7, 11) is 0. The van der Waals surface area contributed by atoms with Gasteiger partial charge in [-0.15, -0.1) is 0 Å². The molecule has 33 heavy (non-hydrogen) atoms. The number of carboxylic acids is 1. The van der Waals surface area contributed by atoms with Crippen LogP contribution in [-0.4, -0.2) is 92.0 Å². The minimum absolute atomic E-state index is 0.0828. The highest BCUT2D eigenvalue weighted by atomic mass is 35.5. The first kappa shape index (κ1) is 24.9. The molecule has 2 saturated heterocycles. The van der Waals surface area contributed by atoms with Crippen molar-refractivity contribution in [1.82, 2.24) is 9.97 Å². The second-order valence-corrected chi connectivity index (χ2v) is 8.07. The second kappa shape index (κ2) is 10.4. The molecule has 5 atom stereocenters. The zero-order chi connectivity index (χ0) is 24.3. The van der Waals surface area contributed by atoms with Crippen LogP contribution in [-0.2, 0) is 9.53 Å². The quantitative estimate of drug-likeness (QED) is 0.180. The first-order valence-corrected chi connectivity index (χ1v) is 10.6. The van der Waals surface area contributed by atoms with E-state index < -0.39 is 54.2 Å². The zero-order valence-corrected chi connectivity index (χ0v) is 18.2. The molecule has 9 N–H and O–H groups in total. The minimum atomic E-state index is -1.89. The monoisotopic (exact) mass is 487 g/mol. The number of nitrogens with zero attached hydrogens (tertiary/aromatic N) is 4. The Kier molecular flexibility index (Phi) is 7.86. The van der Waals surface area contributed by atoms with E-state index in [1.807, 2.05) is 4.90 Å². The van der Waals surface area contributed by atoms with Gasteiger partial charge in [0, 0.05) is 13.1 Å². The van der Waals surface area contributed by atoms with Gasteiger partial charge in [0.15, 0.2) is 40.8 Å². The number of amides is 1. The number of rotatable bonds is 5. The lowest BCUT2D eigenvalue weighted by atomic mass is 9.98. The Morgan fingerprint density at radius 2 is 1.70 bits per heavy atom. The lowest BCUT2D eigenvalue weighted by Crippen LogP contribution is -2.61. The molecule has 0 spiro atoms. The molecule has 0 bridgehead atoms. The van der Waals surface area contributed by atoms with E-state index in [0.29, 0.717) is 13.1 Å². The van der Waals surface area contributed by atoms with Crippen molar-refractivity contribution in [3.63, 3.8) is 0 Å². The summed E-state index contributed by atoms with van der Waals surface area (Å²) in [6, 6.07) is 0. The van der Waals surface area contributed by atoms with Crippen LogP contribution in [0, 0.1) is 0 Å². The van der Waals surface area contributed by atoms with Crippen LogP contribution in [0.2, 0.25) is 5.15 Å². The highest BCUT2D eigenvalue weighted by Crippen LogP contribution is 2.30. The third-order valence-electron chi connectivity index (χ3n) is 5.31. The number of carbonyl (C=O) groups is 2. The second-order valence-electron chi connectivity index (χ2n) is 7.71. The van der Waals surface area contributed by atoms with E-state index in [4.69, 9.17) is 27.8 Å². The van der Waals surface area contributed by atoms with Crippen LogP contribution in [0.25, 0.3) is 0 Å². The van der Waals surface area contributed by atoms with Crippen molar-refractivity contribution in [3.8, 4) is 0 Å². The third kappa shape index (κ3) is 5.59. The molecule has 2 aliphatic rings. The van der Waals surface area contributed by atoms with E-state index in [9.17, 15) is 30.0 Å². The number of halogens is 1. The smallest absolute Gasteiger partial charge is 0.335 e. The highest BCUT2D eigenvalue weighted by Gasteiger charge is 2.47. The number of anilines is 2. The summed E-state index contributed by atoms with van der Waals surface area (Å²) < 4.78 is 5.22. The van der Waals surface area contributed by atoms with Gasteiger partial charge in [0.2, 0.25) is 0 Å². The fourth-order valence-corrected chi connectivity index (χ4v) is 3.89. The van der Waals surface area contributed by atoms with Gasteiger partial charge in [-0.1, -0.05) is 24.4 Å². The van der Waals surface area contributed by atoms with Crippen molar-refractivity contribution < 1.29 is 34.8 Å². The number of aromatic nitrogens is 2. The summed E-state index contributed by atoms with van der Waals surface area (Å²) in [6.07, 6.45) is -5.11. The number of hydrogen-bond acceptors (Lipinski definition) is 10. The molecule has 182 valence electrons.